The minimum atomic E-state index is -0.191. The first-order valence-electron chi connectivity index (χ1n) is 5.21. The number of carbonyl (C=O) groups excluding carboxylic acids is 1. The number of hydrogen-bond acceptors (Lipinski definition) is 3. The molecule has 0 radical (unpaired) electrons. The zero-order valence-corrected chi connectivity index (χ0v) is 9.59. The van der Waals surface area contributed by atoms with E-state index in [9.17, 15) is 4.79 Å². The van der Waals surface area contributed by atoms with Crippen molar-refractivity contribution in [2.75, 3.05) is 20.2 Å². The maximum atomic E-state index is 11.8. The van der Waals surface area contributed by atoms with Crippen molar-refractivity contribution in [2.45, 2.75) is 6.42 Å². The van der Waals surface area contributed by atoms with Crippen LogP contribution in [0, 0.1) is 0 Å². The fraction of sp³-hybridized carbons (Fsp3) is 0.364. The molecule has 1 amide bonds. The zero-order valence-electron chi connectivity index (χ0n) is 9.59. The molecule has 0 aliphatic heterocycles. The van der Waals surface area contributed by atoms with Crippen molar-refractivity contribution in [3.05, 3.63) is 40.3 Å². The molecule has 0 aliphatic carbocycles. The topological polar surface area (TPSA) is 87.1 Å². The van der Waals surface area contributed by atoms with Gasteiger partial charge in [0.2, 0.25) is 0 Å². The van der Waals surface area contributed by atoms with Gasteiger partial charge in [0.15, 0.2) is 0 Å². The smallest absolute Gasteiger partial charge is 0.255 e. The first kappa shape index (κ1) is 12.9. The van der Waals surface area contributed by atoms with Crippen LogP contribution in [-0.2, 0) is 0 Å². The van der Waals surface area contributed by atoms with Crippen LogP contribution in [0.5, 0.6) is 5.75 Å². The molecule has 90 valence electrons. The van der Waals surface area contributed by atoms with Gasteiger partial charge in [-0.2, -0.15) is 0 Å². The summed E-state index contributed by atoms with van der Waals surface area (Å²) < 4.78 is 5.08. The lowest BCUT2D eigenvalue weighted by Crippen LogP contribution is -2.25. The predicted molar refractivity (Wildman–Crippen MR) is 64.0 cm³/mol. The van der Waals surface area contributed by atoms with Gasteiger partial charge in [-0.25, -0.2) is 0 Å². The highest BCUT2D eigenvalue weighted by molar-refractivity contribution is 5.96. The highest BCUT2D eigenvalue weighted by atomic mass is 16.5. The van der Waals surface area contributed by atoms with Crippen molar-refractivity contribution < 1.29 is 9.53 Å². The summed E-state index contributed by atoms with van der Waals surface area (Å²) in [7, 11) is 1.52. The number of amides is 1. The van der Waals surface area contributed by atoms with E-state index in [1.807, 2.05) is 0 Å². The fourth-order valence-corrected chi connectivity index (χ4v) is 1.32. The van der Waals surface area contributed by atoms with Gasteiger partial charge in [0.05, 0.1) is 12.7 Å². The second kappa shape index (κ2) is 7.14. The molecule has 1 rings (SSSR count). The molecule has 0 atom stereocenters. The predicted octanol–water partition coefficient (Wildman–Crippen LogP) is 2.13. The van der Waals surface area contributed by atoms with Gasteiger partial charge in [-0.1, -0.05) is 17.2 Å². The number of nitrogens with zero attached hydrogens (tertiary/aromatic N) is 3. The summed E-state index contributed by atoms with van der Waals surface area (Å²) in [5.74, 6) is 0.350. The van der Waals surface area contributed by atoms with E-state index >= 15 is 0 Å². The molecule has 0 saturated carbocycles. The van der Waals surface area contributed by atoms with E-state index in [-0.39, 0.29) is 5.91 Å². The lowest BCUT2D eigenvalue weighted by Gasteiger charge is -2.08. The fourth-order valence-electron chi connectivity index (χ4n) is 1.32. The molecule has 17 heavy (non-hydrogen) atoms. The summed E-state index contributed by atoms with van der Waals surface area (Å²) in [6, 6.07) is 7.01. The number of azide groups is 1. The average molecular weight is 234 g/mol. The average Bonchev–Trinajstić information content (AvgIpc) is 2.38. The molecule has 1 aromatic carbocycles. The third-order valence-corrected chi connectivity index (χ3v) is 2.14. The van der Waals surface area contributed by atoms with Crippen LogP contribution in [-0.4, -0.2) is 26.1 Å². The molecule has 0 saturated heterocycles. The normalized spacial score (nSPS) is 9.24. The van der Waals surface area contributed by atoms with Crippen LogP contribution in [0.1, 0.15) is 16.8 Å². The van der Waals surface area contributed by atoms with Crippen molar-refractivity contribution >= 4 is 5.91 Å². The monoisotopic (exact) mass is 234 g/mol. The van der Waals surface area contributed by atoms with E-state index in [4.69, 9.17) is 10.3 Å². The molecule has 0 unspecified atom stereocenters. The Morgan fingerprint density at radius 2 is 2.29 bits per heavy atom. The quantitative estimate of drug-likeness (QED) is 0.353. The Labute approximate surface area is 99.2 Å². The molecular weight excluding hydrogens is 220 g/mol. The van der Waals surface area contributed by atoms with Crippen molar-refractivity contribution in [1.82, 2.24) is 5.32 Å². The van der Waals surface area contributed by atoms with Gasteiger partial charge in [-0.15, -0.1) is 0 Å². The number of methoxy groups -OCH3 is 1. The van der Waals surface area contributed by atoms with Crippen LogP contribution < -0.4 is 10.1 Å². The van der Waals surface area contributed by atoms with E-state index in [0.29, 0.717) is 30.8 Å². The van der Waals surface area contributed by atoms with E-state index < -0.39 is 0 Å². The molecule has 1 aromatic rings. The van der Waals surface area contributed by atoms with Crippen LogP contribution in [0.3, 0.4) is 0 Å². The molecule has 0 fully saturated rings. The number of rotatable bonds is 6. The van der Waals surface area contributed by atoms with Crippen molar-refractivity contribution in [3.8, 4) is 5.75 Å². The van der Waals surface area contributed by atoms with Gasteiger partial charge in [0.25, 0.3) is 5.91 Å². The maximum absolute atomic E-state index is 11.8. The number of carbonyl (C=O) groups is 1. The molecular formula is C11H14N4O2. The lowest BCUT2D eigenvalue weighted by molar-refractivity contribution is 0.0950. The largest absolute Gasteiger partial charge is 0.496 e. The number of para-hydroxylation sites is 1. The number of ether oxygens (including phenoxy) is 1. The third kappa shape index (κ3) is 4.04. The molecule has 6 heteroatoms. The van der Waals surface area contributed by atoms with Gasteiger partial charge in [-0.05, 0) is 24.1 Å². The van der Waals surface area contributed by atoms with Gasteiger partial charge < -0.3 is 10.1 Å². The molecule has 1 N–H and O–H groups in total. The SMILES string of the molecule is COc1ccccc1C(=O)NCCCN=[N+]=[N-]. The Kier molecular flexibility index (Phi) is 5.40. The standard InChI is InChI=1S/C11H14N4O2/c1-17-10-6-3-2-5-9(10)11(16)13-7-4-8-14-15-12/h2-3,5-6H,4,7-8H2,1H3,(H,13,16). The Morgan fingerprint density at radius 3 is 3.00 bits per heavy atom. The van der Waals surface area contributed by atoms with Crippen molar-refractivity contribution in [3.63, 3.8) is 0 Å². The Morgan fingerprint density at radius 1 is 1.53 bits per heavy atom. The van der Waals surface area contributed by atoms with Crippen LogP contribution in [0.25, 0.3) is 10.4 Å². The van der Waals surface area contributed by atoms with E-state index in [1.54, 1.807) is 24.3 Å². The minimum Gasteiger partial charge on any atom is -0.496 e. The lowest BCUT2D eigenvalue weighted by atomic mass is 10.2. The van der Waals surface area contributed by atoms with Gasteiger partial charge in [-0.3, -0.25) is 4.79 Å². The summed E-state index contributed by atoms with van der Waals surface area (Å²) >= 11 is 0. The molecule has 6 nitrogen and oxygen atoms in total. The highest BCUT2D eigenvalue weighted by Gasteiger charge is 2.09. The van der Waals surface area contributed by atoms with Gasteiger partial charge in [0.1, 0.15) is 5.75 Å². The molecule has 0 spiro atoms. The van der Waals surface area contributed by atoms with Crippen LogP contribution in [0.4, 0.5) is 0 Å². The molecule has 0 aliphatic rings. The van der Waals surface area contributed by atoms with Crippen molar-refractivity contribution in [1.29, 1.82) is 0 Å². The summed E-state index contributed by atoms with van der Waals surface area (Å²) in [6.07, 6.45) is 0.616. The summed E-state index contributed by atoms with van der Waals surface area (Å²) in [5.41, 5.74) is 8.57. The third-order valence-electron chi connectivity index (χ3n) is 2.14. The van der Waals surface area contributed by atoms with E-state index in [0.717, 1.165) is 0 Å². The Balaban J connectivity index is 2.49. The number of benzene rings is 1. The zero-order chi connectivity index (χ0) is 12.5. The van der Waals surface area contributed by atoms with E-state index in [1.165, 1.54) is 7.11 Å². The van der Waals surface area contributed by atoms with Gasteiger partial charge >= 0.3 is 0 Å². The Bertz CT molecular complexity index is 427. The van der Waals surface area contributed by atoms with Crippen LogP contribution in [0.2, 0.25) is 0 Å². The van der Waals surface area contributed by atoms with Crippen LogP contribution in [0.15, 0.2) is 29.4 Å². The van der Waals surface area contributed by atoms with Crippen LogP contribution >= 0.6 is 0 Å². The second-order valence-electron chi connectivity index (χ2n) is 3.26. The number of hydrogen-bond donors (Lipinski definition) is 1. The second-order valence-corrected chi connectivity index (χ2v) is 3.26. The summed E-state index contributed by atoms with van der Waals surface area (Å²) in [6.45, 7) is 0.846. The van der Waals surface area contributed by atoms with E-state index in [2.05, 4.69) is 15.3 Å². The first-order chi connectivity index (χ1) is 8.29. The maximum Gasteiger partial charge on any atom is 0.255 e. The van der Waals surface area contributed by atoms with Crippen molar-refractivity contribution in [2.24, 2.45) is 5.11 Å². The molecule has 0 heterocycles. The van der Waals surface area contributed by atoms with Gasteiger partial charge in [0, 0.05) is 18.0 Å². The number of nitrogens with one attached hydrogen (secondary N) is 1. The summed E-state index contributed by atoms with van der Waals surface area (Å²) in [5, 5.41) is 6.11. The molecule has 0 bridgehead atoms. The Hall–Kier alpha value is -2.20. The highest BCUT2D eigenvalue weighted by Crippen LogP contribution is 2.16. The first-order valence-corrected chi connectivity index (χ1v) is 5.21. The minimum absolute atomic E-state index is 0.191. The molecule has 0 aromatic heterocycles. The summed E-state index contributed by atoms with van der Waals surface area (Å²) in [4.78, 5) is 14.4.